The van der Waals surface area contributed by atoms with Crippen LogP contribution < -0.4 is 14.8 Å². The van der Waals surface area contributed by atoms with Gasteiger partial charge in [-0.3, -0.25) is 9.59 Å². The summed E-state index contributed by atoms with van der Waals surface area (Å²) < 4.78 is 15.8. The Kier molecular flexibility index (Phi) is 4.05. The molecule has 0 saturated heterocycles. The molecule has 2 N–H and O–H groups in total. The van der Waals surface area contributed by atoms with Crippen LogP contribution in [0.5, 0.6) is 11.5 Å². The van der Waals surface area contributed by atoms with E-state index in [-0.39, 0.29) is 24.8 Å². The Morgan fingerprint density at radius 1 is 1.14 bits per heavy atom. The largest absolute Gasteiger partial charge is 0.456 e. The van der Waals surface area contributed by atoms with Crippen molar-refractivity contribution in [3.63, 3.8) is 0 Å². The van der Waals surface area contributed by atoms with Gasteiger partial charge in [0.05, 0.1) is 12.0 Å². The van der Waals surface area contributed by atoms with Gasteiger partial charge in [-0.05, 0) is 67.9 Å². The molecule has 4 saturated carbocycles. The maximum Gasteiger partial charge on any atom is 0.306 e. The second kappa shape index (κ2) is 6.37. The number of benzene rings is 1. The summed E-state index contributed by atoms with van der Waals surface area (Å²) in [4.78, 5) is 24.6. The van der Waals surface area contributed by atoms with E-state index in [0.29, 0.717) is 41.9 Å². The fraction of sp³-hybridized carbons (Fsp3) is 0.619. The maximum absolute atomic E-state index is 12.4. The fourth-order valence-corrected chi connectivity index (χ4v) is 6.28. The van der Waals surface area contributed by atoms with Crippen LogP contribution in [0.3, 0.4) is 0 Å². The Bertz CT molecular complexity index is 807. The molecule has 4 aliphatic carbocycles. The van der Waals surface area contributed by atoms with Crippen LogP contribution in [0, 0.1) is 17.3 Å². The van der Waals surface area contributed by atoms with E-state index in [9.17, 15) is 14.7 Å². The molecule has 1 aromatic rings. The maximum atomic E-state index is 12.4. The summed E-state index contributed by atoms with van der Waals surface area (Å²) in [5, 5.41) is 13.5. The molecule has 4 atom stereocenters. The zero-order chi connectivity index (χ0) is 19.4. The number of amides is 1. The summed E-state index contributed by atoms with van der Waals surface area (Å²) in [6, 6.07) is 5.11. The standard InChI is InChI=1S/C21H25NO6/c23-18(22-15-1-2-16-17(4-15)28-12-27-16)10-26-19(24)9-20-5-13-3-14(6-20)8-21(25,7-13)11-20/h1-2,4,13-14,25H,3,5-12H2,(H,22,23)/t13-,14+,20?,21?. The highest BCUT2D eigenvalue weighted by Gasteiger charge is 2.57. The monoisotopic (exact) mass is 387 g/mol. The number of carbonyl (C=O) groups excluding carboxylic acids is 2. The molecule has 5 aliphatic rings. The molecule has 7 heteroatoms. The van der Waals surface area contributed by atoms with E-state index in [2.05, 4.69) is 5.32 Å². The third-order valence-electron chi connectivity index (χ3n) is 6.69. The van der Waals surface area contributed by atoms with Gasteiger partial charge in [-0.25, -0.2) is 0 Å². The van der Waals surface area contributed by atoms with Crippen LogP contribution in [-0.4, -0.2) is 36.0 Å². The zero-order valence-electron chi connectivity index (χ0n) is 15.7. The van der Waals surface area contributed by atoms with Gasteiger partial charge in [0.2, 0.25) is 6.79 Å². The van der Waals surface area contributed by atoms with Gasteiger partial charge < -0.3 is 24.6 Å². The minimum absolute atomic E-state index is 0.149. The Labute approximate surface area is 163 Å². The molecule has 1 aliphatic heterocycles. The number of anilines is 1. The molecular formula is C21H25NO6. The summed E-state index contributed by atoms with van der Waals surface area (Å²) in [5.41, 5.74) is -0.182. The molecule has 2 unspecified atom stereocenters. The first kappa shape index (κ1) is 17.8. The highest BCUT2D eigenvalue weighted by molar-refractivity contribution is 5.93. The van der Waals surface area contributed by atoms with Crippen molar-refractivity contribution in [2.75, 3.05) is 18.7 Å². The molecular weight excluding hydrogens is 362 g/mol. The van der Waals surface area contributed by atoms with Crippen molar-refractivity contribution in [2.45, 2.75) is 50.5 Å². The van der Waals surface area contributed by atoms with E-state index in [1.165, 1.54) is 6.42 Å². The molecule has 150 valence electrons. The normalized spacial score (nSPS) is 34.3. The van der Waals surface area contributed by atoms with Crippen LogP contribution in [-0.2, 0) is 14.3 Å². The van der Waals surface area contributed by atoms with Crippen molar-refractivity contribution in [1.82, 2.24) is 0 Å². The molecule has 4 fully saturated rings. The van der Waals surface area contributed by atoms with Crippen LogP contribution in [0.4, 0.5) is 5.69 Å². The minimum atomic E-state index is -0.596. The molecule has 1 aromatic carbocycles. The first-order valence-corrected chi connectivity index (χ1v) is 9.98. The minimum Gasteiger partial charge on any atom is -0.456 e. The lowest BCUT2D eigenvalue weighted by atomic mass is 9.47. The lowest BCUT2D eigenvalue weighted by Crippen LogP contribution is -2.56. The number of fused-ring (bicyclic) bond motifs is 1. The van der Waals surface area contributed by atoms with Crippen molar-refractivity contribution in [1.29, 1.82) is 0 Å². The summed E-state index contributed by atoms with van der Waals surface area (Å²) in [6.07, 6.45) is 5.88. The van der Waals surface area contributed by atoms with E-state index in [4.69, 9.17) is 14.2 Å². The average molecular weight is 387 g/mol. The van der Waals surface area contributed by atoms with Crippen LogP contribution in [0.25, 0.3) is 0 Å². The van der Waals surface area contributed by atoms with Crippen molar-refractivity contribution < 1.29 is 28.9 Å². The van der Waals surface area contributed by atoms with Gasteiger partial charge in [0.15, 0.2) is 18.1 Å². The predicted octanol–water partition coefficient (Wildman–Crippen LogP) is 2.62. The molecule has 0 radical (unpaired) electrons. The SMILES string of the molecule is O=C(COC(=O)CC12C[C@@H]3C[C@@H](CC(O)(C3)C1)C2)Nc1ccc2c(c1)OCO2. The number of esters is 1. The molecule has 0 spiro atoms. The molecule has 1 amide bonds. The third-order valence-corrected chi connectivity index (χ3v) is 6.69. The molecule has 1 heterocycles. The summed E-state index contributed by atoms with van der Waals surface area (Å²) in [7, 11) is 0. The van der Waals surface area contributed by atoms with Crippen molar-refractivity contribution in [3.8, 4) is 11.5 Å². The molecule has 6 rings (SSSR count). The van der Waals surface area contributed by atoms with Gasteiger partial charge in [0, 0.05) is 11.8 Å². The molecule has 4 bridgehead atoms. The smallest absolute Gasteiger partial charge is 0.306 e. The molecule has 0 aromatic heterocycles. The van der Waals surface area contributed by atoms with Crippen molar-refractivity contribution >= 4 is 17.6 Å². The summed E-state index contributed by atoms with van der Waals surface area (Å²) in [6.45, 7) is -0.149. The van der Waals surface area contributed by atoms with Gasteiger partial charge in [0.25, 0.3) is 5.91 Å². The summed E-state index contributed by atoms with van der Waals surface area (Å²) >= 11 is 0. The first-order valence-electron chi connectivity index (χ1n) is 9.98. The van der Waals surface area contributed by atoms with Crippen LogP contribution in [0.15, 0.2) is 18.2 Å². The van der Waals surface area contributed by atoms with E-state index in [1.807, 2.05) is 0 Å². The van der Waals surface area contributed by atoms with E-state index < -0.39 is 11.5 Å². The second-order valence-electron chi connectivity index (χ2n) is 9.14. The Morgan fingerprint density at radius 2 is 1.89 bits per heavy atom. The van der Waals surface area contributed by atoms with Crippen molar-refractivity contribution in [2.24, 2.45) is 17.3 Å². The fourth-order valence-electron chi connectivity index (χ4n) is 6.28. The van der Waals surface area contributed by atoms with Crippen molar-refractivity contribution in [3.05, 3.63) is 18.2 Å². The highest BCUT2D eigenvalue weighted by atomic mass is 16.7. The van der Waals surface area contributed by atoms with Gasteiger partial charge in [-0.15, -0.1) is 0 Å². The quantitative estimate of drug-likeness (QED) is 0.755. The van der Waals surface area contributed by atoms with Crippen LogP contribution in [0.2, 0.25) is 0 Å². The zero-order valence-corrected chi connectivity index (χ0v) is 15.7. The number of ether oxygens (including phenoxy) is 3. The van der Waals surface area contributed by atoms with Gasteiger partial charge in [0.1, 0.15) is 0 Å². The third kappa shape index (κ3) is 3.32. The van der Waals surface area contributed by atoms with Crippen LogP contribution in [0.1, 0.15) is 44.9 Å². The van der Waals surface area contributed by atoms with Gasteiger partial charge in [-0.1, -0.05) is 0 Å². The Morgan fingerprint density at radius 3 is 2.64 bits per heavy atom. The van der Waals surface area contributed by atoms with Crippen LogP contribution >= 0.6 is 0 Å². The topological polar surface area (TPSA) is 94.1 Å². The Balaban J connectivity index is 1.14. The van der Waals surface area contributed by atoms with E-state index in [1.54, 1.807) is 18.2 Å². The number of nitrogens with one attached hydrogen (secondary N) is 1. The number of rotatable bonds is 5. The number of hydrogen-bond donors (Lipinski definition) is 2. The predicted molar refractivity (Wildman–Crippen MR) is 98.8 cm³/mol. The molecule has 7 nitrogen and oxygen atoms in total. The first-order chi connectivity index (χ1) is 13.4. The lowest BCUT2D eigenvalue weighted by Gasteiger charge is -2.60. The number of hydrogen-bond acceptors (Lipinski definition) is 6. The van der Waals surface area contributed by atoms with Gasteiger partial charge in [-0.2, -0.15) is 0 Å². The van der Waals surface area contributed by atoms with E-state index >= 15 is 0 Å². The Hall–Kier alpha value is -2.28. The van der Waals surface area contributed by atoms with Gasteiger partial charge >= 0.3 is 5.97 Å². The highest BCUT2D eigenvalue weighted by Crippen LogP contribution is 2.62. The lowest BCUT2D eigenvalue weighted by molar-refractivity contribution is -0.177. The average Bonchev–Trinajstić information content (AvgIpc) is 3.05. The summed E-state index contributed by atoms with van der Waals surface area (Å²) in [5.74, 6) is 1.51. The number of carbonyl (C=O) groups is 2. The molecule has 28 heavy (non-hydrogen) atoms. The van der Waals surface area contributed by atoms with E-state index in [0.717, 1.165) is 25.7 Å². The second-order valence-corrected chi connectivity index (χ2v) is 9.14. The number of aliphatic hydroxyl groups is 1.